The number of anilines is 1. The van der Waals surface area contributed by atoms with Gasteiger partial charge in [-0.1, -0.05) is 38.2 Å². The molecule has 34 heavy (non-hydrogen) atoms. The van der Waals surface area contributed by atoms with E-state index in [1.807, 2.05) is 17.0 Å². The smallest absolute Gasteiger partial charge is 0.263 e. The Kier molecular flexibility index (Phi) is 6.91. The van der Waals surface area contributed by atoms with E-state index in [1.54, 1.807) is 11.0 Å². The fourth-order valence-corrected chi connectivity index (χ4v) is 6.52. The number of carbonyl (C=O) groups is 3. The van der Waals surface area contributed by atoms with Gasteiger partial charge in [-0.05, 0) is 50.7 Å². The Morgan fingerprint density at radius 3 is 2.38 bits per heavy atom. The number of nitrogens with zero attached hydrogens (tertiary/aromatic N) is 3. The number of benzene rings is 1. The van der Waals surface area contributed by atoms with Crippen LogP contribution < -0.4 is 4.90 Å². The Morgan fingerprint density at radius 2 is 1.62 bits per heavy atom. The number of fused-ring (bicyclic) bond motifs is 1. The highest BCUT2D eigenvalue weighted by molar-refractivity contribution is 6.24. The Labute approximate surface area is 202 Å². The molecule has 4 aliphatic rings. The summed E-state index contributed by atoms with van der Waals surface area (Å²) in [5, 5.41) is 9.66. The highest BCUT2D eigenvalue weighted by Crippen LogP contribution is 2.37. The molecule has 0 bridgehead atoms. The molecule has 0 radical (unpaired) electrons. The zero-order valence-corrected chi connectivity index (χ0v) is 20.1. The molecule has 1 saturated carbocycles. The number of aliphatic hydroxyl groups excluding tert-OH is 1. The molecule has 7 heteroatoms. The van der Waals surface area contributed by atoms with Crippen molar-refractivity contribution in [3.05, 3.63) is 29.3 Å². The van der Waals surface area contributed by atoms with Gasteiger partial charge < -0.3 is 14.9 Å². The van der Waals surface area contributed by atoms with Crippen LogP contribution >= 0.6 is 0 Å². The summed E-state index contributed by atoms with van der Waals surface area (Å²) in [6.45, 7) is 2.05. The number of carbonyl (C=O) groups excluding carboxylic acids is 3. The number of aliphatic hydroxyl groups is 1. The predicted octanol–water partition coefficient (Wildman–Crippen LogP) is 3.60. The second-order valence-corrected chi connectivity index (χ2v) is 10.5. The van der Waals surface area contributed by atoms with Crippen LogP contribution in [-0.2, 0) is 4.79 Å². The first-order valence-electron chi connectivity index (χ1n) is 13.3. The molecule has 1 aromatic rings. The topological polar surface area (TPSA) is 81.2 Å². The Balaban J connectivity index is 1.37. The van der Waals surface area contributed by atoms with Gasteiger partial charge in [-0.3, -0.25) is 19.3 Å². The first kappa shape index (κ1) is 23.3. The van der Waals surface area contributed by atoms with Gasteiger partial charge in [0.15, 0.2) is 0 Å². The molecular formula is C27H37N3O4. The average Bonchev–Trinajstić information content (AvgIpc) is 3.42. The summed E-state index contributed by atoms with van der Waals surface area (Å²) in [5.41, 5.74) is 1.83. The maximum atomic E-state index is 13.6. The number of piperidine rings is 1. The van der Waals surface area contributed by atoms with Crippen LogP contribution in [0.1, 0.15) is 91.3 Å². The minimum atomic E-state index is -0.158. The second kappa shape index (κ2) is 10.1. The van der Waals surface area contributed by atoms with Crippen LogP contribution in [0.2, 0.25) is 0 Å². The van der Waals surface area contributed by atoms with Gasteiger partial charge in [-0.2, -0.15) is 0 Å². The third-order valence-corrected chi connectivity index (χ3v) is 8.35. The summed E-state index contributed by atoms with van der Waals surface area (Å²) in [7, 11) is 0. The fourth-order valence-electron chi connectivity index (χ4n) is 6.52. The van der Waals surface area contributed by atoms with Gasteiger partial charge in [0.1, 0.15) is 0 Å². The van der Waals surface area contributed by atoms with Crippen LogP contribution in [0.3, 0.4) is 0 Å². The average molecular weight is 468 g/mol. The van der Waals surface area contributed by atoms with Gasteiger partial charge in [0.2, 0.25) is 5.91 Å². The molecule has 3 aliphatic heterocycles. The van der Waals surface area contributed by atoms with E-state index in [-0.39, 0.29) is 42.3 Å². The highest BCUT2D eigenvalue weighted by atomic mass is 16.3. The van der Waals surface area contributed by atoms with Crippen molar-refractivity contribution in [2.24, 2.45) is 5.92 Å². The molecule has 2 saturated heterocycles. The molecule has 5 rings (SSSR count). The number of hydrogen-bond acceptors (Lipinski definition) is 5. The molecule has 1 N–H and O–H groups in total. The first-order chi connectivity index (χ1) is 16.6. The summed E-state index contributed by atoms with van der Waals surface area (Å²) in [5.74, 6) is -0.340. The Hall–Kier alpha value is -2.41. The maximum absolute atomic E-state index is 13.6. The van der Waals surface area contributed by atoms with Crippen molar-refractivity contribution in [1.29, 1.82) is 0 Å². The van der Waals surface area contributed by atoms with Gasteiger partial charge in [0.25, 0.3) is 11.8 Å². The molecule has 1 aliphatic carbocycles. The Morgan fingerprint density at radius 1 is 0.882 bits per heavy atom. The number of hydrogen-bond donors (Lipinski definition) is 1. The third-order valence-electron chi connectivity index (χ3n) is 8.35. The lowest BCUT2D eigenvalue weighted by Crippen LogP contribution is -2.47. The molecule has 1 unspecified atom stereocenters. The van der Waals surface area contributed by atoms with Crippen molar-refractivity contribution in [3.63, 3.8) is 0 Å². The molecule has 2 atom stereocenters. The number of imide groups is 1. The third kappa shape index (κ3) is 4.23. The molecule has 0 aromatic heterocycles. The van der Waals surface area contributed by atoms with E-state index in [0.29, 0.717) is 24.2 Å². The van der Waals surface area contributed by atoms with Crippen molar-refractivity contribution >= 4 is 23.4 Å². The van der Waals surface area contributed by atoms with E-state index in [1.165, 1.54) is 19.3 Å². The molecule has 3 amide bonds. The number of likely N-dealkylation sites (tertiary alicyclic amines) is 1. The van der Waals surface area contributed by atoms with Gasteiger partial charge in [-0.15, -0.1) is 0 Å². The van der Waals surface area contributed by atoms with E-state index in [4.69, 9.17) is 0 Å². The summed E-state index contributed by atoms with van der Waals surface area (Å²) < 4.78 is 0. The summed E-state index contributed by atoms with van der Waals surface area (Å²) in [6, 6.07) is 5.51. The van der Waals surface area contributed by atoms with E-state index in [9.17, 15) is 19.5 Å². The lowest BCUT2D eigenvalue weighted by Gasteiger charge is -2.37. The molecule has 1 aromatic carbocycles. The predicted molar refractivity (Wildman–Crippen MR) is 130 cm³/mol. The van der Waals surface area contributed by atoms with Crippen molar-refractivity contribution in [3.8, 4) is 0 Å². The van der Waals surface area contributed by atoms with E-state index >= 15 is 0 Å². The van der Waals surface area contributed by atoms with E-state index < -0.39 is 0 Å². The maximum Gasteiger partial charge on any atom is 0.263 e. The minimum absolute atomic E-state index is 0.0122. The van der Waals surface area contributed by atoms with Crippen LogP contribution in [0.15, 0.2) is 18.2 Å². The molecule has 184 valence electrons. The monoisotopic (exact) mass is 467 g/mol. The summed E-state index contributed by atoms with van der Waals surface area (Å²) in [6.07, 6.45) is 11.0. The van der Waals surface area contributed by atoms with Crippen molar-refractivity contribution in [2.75, 3.05) is 31.1 Å². The first-order valence-corrected chi connectivity index (χ1v) is 13.3. The minimum Gasteiger partial charge on any atom is -0.394 e. The normalized spacial score (nSPS) is 26.6. The molecule has 3 heterocycles. The van der Waals surface area contributed by atoms with Gasteiger partial charge in [-0.25, -0.2) is 0 Å². The van der Waals surface area contributed by atoms with Crippen LogP contribution in [0.25, 0.3) is 0 Å². The van der Waals surface area contributed by atoms with Gasteiger partial charge in [0.05, 0.1) is 35.4 Å². The molecule has 0 spiro atoms. The van der Waals surface area contributed by atoms with E-state index in [2.05, 4.69) is 4.90 Å². The standard InChI is InChI=1S/C27H37N3O4/c31-18-21-12-8-16-29(21)25(32)19-9-7-15-28(17-19)23-14-6-13-22-24(23)27(34)30(26(22)33)20-10-4-2-1-3-5-11-20/h6,13-14,19-21,31H,1-5,7-12,15-18H2/t19?,21-/m0/s1. The zero-order valence-electron chi connectivity index (χ0n) is 20.1. The lowest BCUT2D eigenvalue weighted by atomic mass is 9.94. The molecule has 7 nitrogen and oxygen atoms in total. The van der Waals surface area contributed by atoms with Crippen LogP contribution in [0, 0.1) is 5.92 Å². The quantitative estimate of drug-likeness (QED) is 0.685. The van der Waals surface area contributed by atoms with Crippen LogP contribution in [0.5, 0.6) is 0 Å². The molecule has 3 fully saturated rings. The SMILES string of the molecule is O=C1c2cccc(N3CCCC(C(=O)N4CCC[C@H]4CO)C3)c2C(=O)N1C1CCCCCCC1. The number of rotatable bonds is 4. The Bertz CT molecular complexity index is 940. The van der Waals surface area contributed by atoms with Gasteiger partial charge in [0, 0.05) is 25.7 Å². The van der Waals surface area contributed by atoms with Crippen LogP contribution in [0.4, 0.5) is 5.69 Å². The van der Waals surface area contributed by atoms with Gasteiger partial charge >= 0.3 is 0 Å². The highest BCUT2D eigenvalue weighted by Gasteiger charge is 2.43. The van der Waals surface area contributed by atoms with Crippen molar-refractivity contribution in [2.45, 2.75) is 82.7 Å². The molecular weight excluding hydrogens is 430 g/mol. The zero-order chi connectivity index (χ0) is 23.7. The second-order valence-electron chi connectivity index (χ2n) is 10.5. The van der Waals surface area contributed by atoms with Crippen molar-refractivity contribution < 1.29 is 19.5 Å². The summed E-state index contributed by atoms with van der Waals surface area (Å²) >= 11 is 0. The summed E-state index contributed by atoms with van der Waals surface area (Å²) in [4.78, 5) is 45.8. The van der Waals surface area contributed by atoms with Crippen molar-refractivity contribution in [1.82, 2.24) is 9.80 Å². The fraction of sp³-hybridized carbons (Fsp3) is 0.667. The largest absolute Gasteiger partial charge is 0.394 e. The van der Waals surface area contributed by atoms with E-state index in [0.717, 1.165) is 63.6 Å². The lowest BCUT2D eigenvalue weighted by molar-refractivity contribution is -0.137. The van der Waals surface area contributed by atoms with Crippen LogP contribution in [-0.4, -0.2) is 71.0 Å². The number of amides is 3.